The molecule has 1 aromatic rings. The summed E-state index contributed by atoms with van der Waals surface area (Å²) in [4.78, 5) is 16.3. The first-order valence-corrected chi connectivity index (χ1v) is 12.3. The van der Waals surface area contributed by atoms with Crippen LogP contribution >= 0.6 is 11.8 Å². The molecule has 2 aliphatic rings. The van der Waals surface area contributed by atoms with Crippen molar-refractivity contribution in [3.05, 3.63) is 82.3 Å². The number of aromatic nitrogens is 1. The molecule has 8 heteroatoms. The molecular weight excluding hydrogens is 447 g/mol. The minimum absolute atomic E-state index is 0.291. The smallest absolute Gasteiger partial charge is 0.147 e. The van der Waals surface area contributed by atoms with Gasteiger partial charge in [-0.15, -0.1) is 11.8 Å². The van der Waals surface area contributed by atoms with Crippen molar-refractivity contribution in [3.63, 3.8) is 0 Å². The Hall–Kier alpha value is -3.13. The number of aliphatic imine (C=N–C) groups is 2. The largest absolute Gasteiger partial charge is 0.385 e. The fourth-order valence-electron chi connectivity index (χ4n) is 3.49. The van der Waals surface area contributed by atoms with E-state index in [0.717, 1.165) is 29.8 Å². The Labute approximate surface area is 206 Å². The fourth-order valence-corrected chi connectivity index (χ4v) is 4.32. The van der Waals surface area contributed by atoms with Crippen molar-refractivity contribution in [1.82, 2.24) is 20.5 Å². The van der Waals surface area contributed by atoms with Crippen LogP contribution in [0.5, 0.6) is 0 Å². The molecule has 0 aromatic carbocycles. The Morgan fingerprint density at radius 3 is 3.00 bits per heavy atom. The van der Waals surface area contributed by atoms with E-state index in [1.807, 2.05) is 48.5 Å². The first kappa shape index (κ1) is 25.5. The summed E-state index contributed by atoms with van der Waals surface area (Å²) in [6.45, 7) is 11.5. The van der Waals surface area contributed by atoms with E-state index >= 15 is 0 Å². The van der Waals surface area contributed by atoms with E-state index in [1.54, 1.807) is 11.8 Å². The highest BCUT2D eigenvalue weighted by Crippen LogP contribution is 2.28. The van der Waals surface area contributed by atoms with Gasteiger partial charge in [0.15, 0.2) is 0 Å². The van der Waals surface area contributed by atoms with Crippen LogP contribution in [0, 0.1) is 0 Å². The second kappa shape index (κ2) is 12.9. The molecule has 3 rings (SSSR count). The quantitative estimate of drug-likeness (QED) is 0.377. The third-order valence-electron chi connectivity index (χ3n) is 5.49. The molecule has 0 amide bonds. The Balaban J connectivity index is 1.51. The van der Waals surface area contributed by atoms with Gasteiger partial charge < -0.3 is 15.5 Å². The number of nitrogens with zero attached hydrogens (tertiary/aromatic N) is 4. The van der Waals surface area contributed by atoms with E-state index in [9.17, 15) is 4.39 Å². The van der Waals surface area contributed by atoms with Gasteiger partial charge in [-0.05, 0) is 62.1 Å². The zero-order valence-corrected chi connectivity index (χ0v) is 20.9. The summed E-state index contributed by atoms with van der Waals surface area (Å²) in [5.74, 6) is 0.848. The summed E-state index contributed by atoms with van der Waals surface area (Å²) in [5.41, 5.74) is 4.41. The number of allylic oxidation sites excluding steroid dienone is 3. The molecule has 0 spiro atoms. The van der Waals surface area contributed by atoms with Crippen LogP contribution in [0.3, 0.4) is 0 Å². The molecule has 2 aliphatic heterocycles. The molecule has 1 atom stereocenters. The summed E-state index contributed by atoms with van der Waals surface area (Å²) in [5, 5.41) is 8.43. The molecule has 0 fully saturated rings. The molecule has 3 heterocycles. The first-order chi connectivity index (χ1) is 16.5. The standard InChI is InChI=1S/C26H33FN6S/c1-5-12-34-25-17-33(11-9-19(25)2)26(14-27)32-18-31-21(4)29-15-22-6-7-24(30-16-22)23-8-10-28-20(3)13-23/h5-8,10,12-13,16,18,20,28-29H,4,9,11,14-15,17H2,1-3H3/b12-5-,31-18-,32-26+. The molecule has 0 radical (unpaired) electrons. The summed E-state index contributed by atoms with van der Waals surface area (Å²) < 4.78 is 13.7. The highest BCUT2D eigenvalue weighted by atomic mass is 32.2. The second-order valence-corrected chi connectivity index (χ2v) is 9.15. The summed E-state index contributed by atoms with van der Waals surface area (Å²) in [7, 11) is 0. The number of pyridine rings is 1. The number of alkyl halides is 1. The van der Waals surface area contributed by atoms with Crippen molar-refractivity contribution in [2.24, 2.45) is 9.98 Å². The maximum atomic E-state index is 13.7. The molecule has 0 saturated carbocycles. The van der Waals surface area contributed by atoms with Crippen LogP contribution in [-0.4, -0.2) is 47.9 Å². The summed E-state index contributed by atoms with van der Waals surface area (Å²) in [6, 6.07) is 4.33. The Morgan fingerprint density at radius 2 is 2.29 bits per heavy atom. The monoisotopic (exact) mass is 480 g/mol. The van der Waals surface area contributed by atoms with E-state index in [-0.39, 0.29) is 0 Å². The number of nitrogens with one attached hydrogen (secondary N) is 2. The number of hydrogen-bond donors (Lipinski definition) is 2. The van der Waals surface area contributed by atoms with Gasteiger partial charge in [0.05, 0.1) is 12.2 Å². The van der Waals surface area contributed by atoms with Gasteiger partial charge in [0.1, 0.15) is 24.7 Å². The predicted molar refractivity (Wildman–Crippen MR) is 143 cm³/mol. The predicted octanol–water partition coefficient (Wildman–Crippen LogP) is 5.17. The maximum absolute atomic E-state index is 13.7. The molecule has 1 unspecified atom stereocenters. The van der Waals surface area contributed by atoms with E-state index < -0.39 is 6.67 Å². The molecule has 0 bridgehead atoms. The van der Waals surface area contributed by atoms with Gasteiger partial charge in [-0.25, -0.2) is 14.4 Å². The van der Waals surface area contributed by atoms with E-state index in [0.29, 0.717) is 30.8 Å². The zero-order chi connectivity index (χ0) is 24.3. The lowest BCUT2D eigenvalue weighted by Gasteiger charge is -2.30. The minimum Gasteiger partial charge on any atom is -0.385 e. The topological polar surface area (TPSA) is 64.9 Å². The van der Waals surface area contributed by atoms with Gasteiger partial charge in [-0.1, -0.05) is 30.4 Å². The minimum atomic E-state index is -0.634. The van der Waals surface area contributed by atoms with E-state index in [4.69, 9.17) is 0 Å². The van der Waals surface area contributed by atoms with Crippen LogP contribution in [0.2, 0.25) is 0 Å². The number of rotatable bonds is 9. The lowest BCUT2D eigenvalue weighted by molar-refractivity contribution is 0.414. The van der Waals surface area contributed by atoms with E-state index in [1.165, 1.54) is 16.8 Å². The average Bonchev–Trinajstić information content (AvgIpc) is 2.85. The van der Waals surface area contributed by atoms with Gasteiger partial charge in [-0.3, -0.25) is 4.98 Å². The van der Waals surface area contributed by atoms with Gasteiger partial charge >= 0.3 is 0 Å². The molecule has 0 saturated heterocycles. The van der Waals surface area contributed by atoms with Crippen LogP contribution in [-0.2, 0) is 6.54 Å². The third kappa shape index (κ3) is 7.45. The third-order valence-corrected chi connectivity index (χ3v) is 6.66. The Bertz CT molecular complexity index is 1040. The van der Waals surface area contributed by atoms with Crippen molar-refractivity contribution < 1.29 is 4.39 Å². The van der Waals surface area contributed by atoms with Crippen LogP contribution in [0.15, 0.2) is 81.0 Å². The van der Waals surface area contributed by atoms with Gasteiger partial charge in [0.25, 0.3) is 0 Å². The van der Waals surface area contributed by atoms with Gasteiger partial charge in [0, 0.05) is 30.2 Å². The molecule has 6 nitrogen and oxygen atoms in total. The average molecular weight is 481 g/mol. The number of halogens is 1. The number of hydrogen-bond acceptors (Lipinski definition) is 5. The van der Waals surface area contributed by atoms with Crippen molar-refractivity contribution in [1.29, 1.82) is 0 Å². The molecule has 2 N–H and O–H groups in total. The normalized spacial score (nSPS) is 19.1. The second-order valence-electron chi connectivity index (χ2n) is 8.15. The van der Waals surface area contributed by atoms with Crippen LogP contribution in [0.1, 0.15) is 38.4 Å². The highest BCUT2D eigenvalue weighted by molar-refractivity contribution is 8.05. The van der Waals surface area contributed by atoms with Crippen molar-refractivity contribution in [2.75, 3.05) is 19.8 Å². The van der Waals surface area contributed by atoms with Crippen molar-refractivity contribution in [3.8, 4) is 0 Å². The molecule has 180 valence electrons. The van der Waals surface area contributed by atoms with Crippen LogP contribution in [0.4, 0.5) is 4.39 Å². The van der Waals surface area contributed by atoms with Gasteiger partial charge in [-0.2, -0.15) is 0 Å². The van der Waals surface area contributed by atoms with E-state index in [2.05, 4.69) is 57.5 Å². The first-order valence-electron chi connectivity index (χ1n) is 11.4. The van der Waals surface area contributed by atoms with Crippen LogP contribution in [0.25, 0.3) is 5.57 Å². The van der Waals surface area contributed by atoms with Gasteiger partial charge in [0.2, 0.25) is 0 Å². The zero-order valence-electron chi connectivity index (χ0n) is 20.1. The summed E-state index contributed by atoms with van der Waals surface area (Å²) in [6.07, 6.45) is 12.2. The lowest BCUT2D eigenvalue weighted by Crippen LogP contribution is -2.37. The number of amidine groups is 1. The Morgan fingerprint density at radius 1 is 1.44 bits per heavy atom. The Kier molecular flexibility index (Phi) is 9.70. The molecular formula is C26H33FN6S. The summed E-state index contributed by atoms with van der Waals surface area (Å²) >= 11 is 1.69. The fraction of sp³-hybridized carbons (Fsp3) is 0.346. The number of thioether (sulfide) groups is 1. The lowest BCUT2D eigenvalue weighted by atomic mass is 10.1. The number of dihydropyridines is 1. The molecule has 1 aromatic heterocycles. The van der Waals surface area contributed by atoms with Crippen LogP contribution < -0.4 is 10.6 Å². The maximum Gasteiger partial charge on any atom is 0.147 e. The van der Waals surface area contributed by atoms with Crippen molar-refractivity contribution in [2.45, 2.75) is 39.8 Å². The highest BCUT2D eigenvalue weighted by Gasteiger charge is 2.19. The van der Waals surface area contributed by atoms with Crippen molar-refractivity contribution >= 4 is 29.5 Å². The SMILES string of the molecule is C=C(/N=C\N=C(/CF)N1CCC(C)=C(S/C=C\C)C1)NCc1ccc(C2=CC(C)NC=C2)nc1. The molecule has 34 heavy (non-hydrogen) atoms. The molecule has 0 aliphatic carbocycles.